The van der Waals surface area contributed by atoms with E-state index in [2.05, 4.69) is 20.1 Å². The molecule has 0 saturated carbocycles. The maximum absolute atomic E-state index is 12.0. The molecule has 1 aromatic carbocycles. The van der Waals surface area contributed by atoms with E-state index in [0.717, 1.165) is 55.5 Å². The van der Waals surface area contributed by atoms with Crippen molar-refractivity contribution in [2.24, 2.45) is 0 Å². The normalized spacial score (nSPS) is 15.0. The molecule has 0 bridgehead atoms. The summed E-state index contributed by atoms with van der Waals surface area (Å²) >= 11 is 5.97. The van der Waals surface area contributed by atoms with E-state index in [4.69, 9.17) is 11.6 Å². The highest BCUT2D eigenvalue weighted by Crippen LogP contribution is 2.13. The molecule has 5 nitrogen and oxygen atoms in total. The van der Waals surface area contributed by atoms with Gasteiger partial charge in [0.25, 0.3) is 0 Å². The third-order valence-corrected chi connectivity index (χ3v) is 4.86. The number of pyridine rings is 1. The average Bonchev–Trinajstić information content (AvgIpc) is 2.68. The van der Waals surface area contributed by atoms with E-state index >= 15 is 0 Å². The summed E-state index contributed by atoms with van der Waals surface area (Å²) < 4.78 is 0. The predicted molar refractivity (Wildman–Crippen MR) is 106 cm³/mol. The molecule has 2 heterocycles. The second-order valence-electron chi connectivity index (χ2n) is 6.50. The van der Waals surface area contributed by atoms with Crippen molar-refractivity contribution >= 4 is 23.3 Å². The Morgan fingerprint density at radius 3 is 2.69 bits per heavy atom. The highest BCUT2D eigenvalue weighted by molar-refractivity contribution is 6.30. The zero-order valence-electron chi connectivity index (χ0n) is 14.9. The van der Waals surface area contributed by atoms with Crippen molar-refractivity contribution < 1.29 is 4.79 Å². The Labute approximate surface area is 160 Å². The quantitative estimate of drug-likeness (QED) is 0.811. The van der Waals surface area contributed by atoms with Gasteiger partial charge in [-0.05, 0) is 36.2 Å². The van der Waals surface area contributed by atoms with Crippen LogP contribution in [-0.2, 0) is 11.2 Å². The van der Waals surface area contributed by atoms with Crippen LogP contribution < -0.4 is 10.2 Å². The minimum absolute atomic E-state index is 0.110. The van der Waals surface area contributed by atoms with Crippen LogP contribution in [0.2, 0.25) is 5.02 Å². The Morgan fingerprint density at radius 2 is 1.96 bits per heavy atom. The van der Waals surface area contributed by atoms with Crippen molar-refractivity contribution in [1.29, 1.82) is 0 Å². The molecule has 0 atom stereocenters. The number of nitrogens with one attached hydrogen (secondary N) is 1. The molecule has 6 heteroatoms. The molecule has 0 unspecified atom stereocenters. The Hall–Kier alpha value is -2.11. The minimum atomic E-state index is 0.110. The summed E-state index contributed by atoms with van der Waals surface area (Å²) in [5, 5.41) is 3.73. The number of hydrogen-bond acceptors (Lipinski definition) is 4. The van der Waals surface area contributed by atoms with Gasteiger partial charge in [-0.3, -0.25) is 9.69 Å². The first-order valence-electron chi connectivity index (χ1n) is 9.10. The predicted octanol–water partition coefficient (Wildman–Crippen LogP) is 2.61. The highest BCUT2D eigenvalue weighted by Gasteiger charge is 2.18. The van der Waals surface area contributed by atoms with Crippen LogP contribution >= 0.6 is 11.6 Å². The molecule has 1 aliphatic heterocycles. The SMILES string of the molecule is O=C(CCN1CCN(c2ccccn2)CC1)NCCc1cccc(Cl)c1. The van der Waals surface area contributed by atoms with Crippen LogP contribution in [0.25, 0.3) is 0 Å². The fourth-order valence-electron chi connectivity index (χ4n) is 3.13. The number of carbonyl (C=O) groups excluding carboxylic acids is 1. The molecule has 26 heavy (non-hydrogen) atoms. The molecule has 1 amide bonds. The van der Waals surface area contributed by atoms with E-state index in [1.807, 2.05) is 48.7 Å². The van der Waals surface area contributed by atoms with E-state index in [0.29, 0.717) is 13.0 Å². The molecule has 1 aromatic heterocycles. The number of amides is 1. The van der Waals surface area contributed by atoms with Gasteiger partial charge >= 0.3 is 0 Å². The smallest absolute Gasteiger partial charge is 0.221 e. The fourth-order valence-corrected chi connectivity index (χ4v) is 3.34. The topological polar surface area (TPSA) is 48.5 Å². The van der Waals surface area contributed by atoms with Gasteiger partial charge < -0.3 is 10.2 Å². The van der Waals surface area contributed by atoms with Crippen LogP contribution in [-0.4, -0.2) is 55.1 Å². The molecule has 1 fully saturated rings. The number of benzene rings is 1. The Morgan fingerprint density at radius 1 is 1.12 bits per heavy atom. The van der Waals surface area contributed by atoms with Gasteiger partial charge in [-0.1, -0.05) is 29.8 Å². The third-order valence-electron chi connectivity index (χ3n) is 4.63. The number of anilines is 1. The van der Waals surface area contributed by atoms with Gasteiger partial charge in [-0.25, -0.2) is 4.98 Å². The maximum Gasteiger partial charge on any atom is 0.221 e. The van der Waals surface area contributed by atoms with Gasteiger partial charge in [0.2, 0.25) is 5.91 Å². The summed E-state index contributed by atoms with van der Waals surface area (Å²) in [6, 6.07) is 13.8. The lowest BCUT2D eigenvalue weighted by atomic mass is 10.1. The van der Waals surface area contributed by atoms with Gasteiger partial charge in [-0.2, -0.15) is 0 Å². The molecule has 0 radical (unpaired) electrons. The Balaban J connectivity index is 1.31. The first-order chi connectivity index (χ1) is 12.7. The minimum Gasteiger partial charge on any atom is -0.356 e. The van der Waals surface area contributed by atoms with Crippen LogP contribution in [0.4, 0.5) is 5.82 Å². The summed E-state index contributed by atoms with van der Waals surface area (Å²) in [5.74, 6) is 1.14. The average molecular weight is 373 g/mol. The van der Waals surface area contributed by atoms with E-state index in [1.54, 1.807) is 0 Å². The fraction of sp³-hybridized carbons (Fsp3) is 0.400. The molecule has 0 spiro atoms. The van der Waals surface area contributed by atoms with Crippen LogP contribution in [0.15, 0.2) is 48.7 Å². The molecule has 0 aliphatic carbocycles. The van der Waals surface area contributed by atoms with Gasteiger partial charge in [0.15, 0.2) is 0 Å². The molecule has 138 valence electrons. The van der Waals surface area contributed by atoms with E-state index < -0.39 is 0 Å². The third kappa shape index (κ3) is 5.71. The van der Waals surface area contributed by atoms with Crippen molar-refractivity contribution in [2.75, 3.05) is 44.2 Å². The van der Waals surface area contributed by atoms with Gasteiger partial charge in [-0.15, -0.1) is 0 Å². The van der Waals surface area contributed by atoms with Gasteiger partial charge in [0.05, 0.1) is 0 Å². The lowest BCUT2D eigenvalue weighted by molar-refractivity contribution is -0.121. The monoisotopic (exact) mass is 372 g/mol. The molecule has 1 saturated heterocycles. The summed E-state index contributed by atoms with van der Waals surface area (Å²) in [7, 11) is 0. The second-order valence-corrected chi connectivity index (χ2v) is 6.93. The van der Waals surface area contributed by atoms with Crippen LogP contribution in [0.1, 0.15) is 12.0 Å². The number of nitrogens with zero attached hydrogens (tertiary/aromatic N) is 3. The van der Waals surface area contributed by atoms with Crippen molar-refractivity contribution in [2.45, 2.75) is 12.8 Å². The van der Waals surface area contributed by atoms with E-state index in [-0.39, 0.29) is 5.91 Å². The largest absolute Gasteiger partial charge is 0.356 e. The number of hydrogen-bond donors (Lipinski definition) is 1. The number of carbonyl (C=O) groups is 1. The number of halogens is 1. The zero-order valence-corrected chi connectivity index (χ0v) is 15.7. The molecule has 2 aromatic rings. The zero-order chi connectivity index (χ0) is 18.2. The molecule has 3 rings (SSSR count). The van der Waals surface area contributed by atoms with Crippen molar-refractivity contribution in [1.82, 2.24) is 15.2 Å². The highest BCUT2D eigenvalue weighted by atomic mass is 35.5. The standard InChI is InChI=1S/C20H25ClN4O/c21-18-5-3-4-17(16-18)7-10-23-20(26)8-11-24-12-14-25(15-13-24)19-6-1-2-9-22-19/h1-6,9,16H,7-8,10-15H2,(H,23,26). The lowest BCUT2D eigenvalue weighted by Gasteiger charge is -2.35. The Kier molecular flexibility index (Phi) is 6.86. The summed E-state index contributed by atoms with van der Waals surface area (Å²) in [6.07, 6.45) is 3.17. The van der Waals surface area contributed by atoms with Crippen molar-refractivity contribution in [3.05, 3.63) is 59.2 Å². The van der Waals surface area contributed by atoms with Gasteiger partial charge in [0.1, 0.15) is 5.82 Å². The van der Waals surface area contributed by atoms with E-state index in [9.17, 15) is 4.79 Å². The van der Waals surface area contributed by atoms with Gasteiger partial charge in [0, 0.05) is 56.9 Å². The van der Waals surface area contributed by atoms with E-state index in [1.165, 1.54) is 0 Å². The lowest BCUT2D eigenvalue weighted by Crippen LogP contribution is -2.47. The van der Waals surface area contributed by atoms with Crippen LogP contribution in [0.3, 0.4) is 0 Å². The molecule has 1 N–H and O–H groups in total. The second kappa shape index (κ2) is 9.55. The Bertz CT molecular complexity index is 702. The molecule has 1 aliphatic rings. The maximum atomic E-state index is 12.0. The summed E-state index contributed by atoms with van der Waals surface area (Å²) in [6.45, 7) is 5.28. The van der Waals surface area contributed by atoms with Crippen LogP contribution in [0.5, 0.6) is 0 Å². The number of rotatable bonds is 7. The number of piperazine rings is 1. The van der Waals surface area contributed by atoms with Crippen LogP contribution in [0, 0.1) is 0 Å². The molecular weight excluding hydrogens is 348 g/mol. The summed E-state index contributed by atoms with van der Waals surface area (Å²) in [4.78, 5) is 21.1. The first-order valence-corrected chi connectivity index (χ1v) is 9.48. The number of aromatic nitrogens is 1. The van der Waals surface area contributed by atoms with Crippen molar-refractivity contribution in [3.8, 4) is 0 Å². The van der Waals surface area contributed by atoms with Crippen molar-refractivity contribution in [3.63, 3.8) is 0 Å². The molecular formula is C20H25ClN4O. The first kappa shape index (κ1) is 18.7. The summed E-state index contributed by atoms with van der Waals surface area (Å²) in [5.41, 5.74) is 1.14.